The second-order valence-electron chi connectivity index (χ2n) is 6.85. The minimum Gasteiger partial charge on any atom is -0.350 e. The van der Waals surface area contributed by atoms with Gasteiger partial charge in [-0.15, -0.1) is 0 Å². The van der Waals surface area contributed by atoms with E-state index in [0.717, 1.165) is 0 Å². The van der Waals surface area contributed by atoms with Gasteiger partial charge in [0.05, 0.1) is 17.8 Å². The average Bonchev–Trinajstić information content (AvgIpc) is 2.59. The molecule has 0 radical (unpaired) electrons. The summed E-state index contributed by atoms with van der Waals surface area (Å²) in [5.41, 5.74) is 0.798. The van der Waals surface area contributed by atoms with Crippen LogP contribution in [0.1, 0.15) is 41.5 Å². The molecule has 26 heavy (non-hydrogen) atoms. The van der Waals surface area contributed by atoms with Crippen LogP contribution in [0.4, 0.5) is 5.69 Å². The zero-order valence-electron chi connectivity index (χ0n) is 15.1. The number of nitrogens with one attached hydrogen (secondary N) is 3. The highest BCUT2D eigenvalue weighted by Gasteiger charge is 2.17. The summed E-state index contributed by atoms with van der Waals surface area (Å²) in [5, 5.41) is 8.08. The van der Waals surface area contributed by atoms with Gasteiger partial charge in [-0.25, -0.2) is 0 Å². The minimum atomic E-state index is -0.432. The van der Waals surface area contributed by atoms with Crippen molar-refractivity contribution in [2.45, 2.75) is 26.3 Å². The van der Waals surface area contributed by atoms with E-state index in [1.165, 1.54) is 0 Å². The van der Waals surface area contributed by atoms with Gasteiger partial charge in [0.25, 0.3) is 11.8 Å². The molecule has 6 nitrogen and oxygen atoms in total. The largest absolute Gasteiger partial charge is 0.350 e. The normalized spacial score (nSPS) is 10.7. The summed E-state index contributed by atoms with van der Waals surface area (Å²) in [5.74, 6) is -1.02. The Hall–Kier alpha value is -3.15. The molecule has 0 saturated carbocycles. The maximum atomic E-state index is 12.4. The van der Waals surface area contributed by atoms with Crippen LogP contribution in [0, 0.1) is 0 Å². The topological polar surface area (TPSA) is 87.3 Å². The highest BCUT2D eigenvalue weighted by Crippen LogP contribution is 2.16. The van der Waals surface area contributed by atoms with Crippen molar-refractivity contribution in [2.75, 3.05) is 11.9 Å². The van der Waals surface area contributed by atoms with Crippen LogP contribution in [0.5, 0.6) is 0 Å². The van der Waals surface area contributed by atoms with Crippen LogP contribution in [-0.4, -0.2) is 29.8 Å². The Labute approximate surface area is 153 Å². The lowest BCUT2D eigenvalue weighted by Gasteiger charge is -2.20. The Balaban J connectivity index is 2.05. The number of hydrogen-bond acceptors (Lipinski definition) is 3. The summed E-state index contributed by atoms with van der Waals surface area (Å²) in [6.07, 6.45) is 0. The van der Waals surface area contributed by atoms with E-state index in [1.54, 1.807) is 48.5 Å². The molecule has 0 aliphatic carbocycles. The van der Waals surface area contributed by atoms with Crippen molar-refractivity contribution in [1.82, 2.24) is 10.6 Å². The molecular formula is C20H23N3O3. The third-order valence-electron chi connectivity index (χ3n) is 3.38. The quantitative estimate of drug-likeness (QED) is 0.772. The summed E-state index contributed by atoms with van der Waals surface area (Å²) in [7, 11) is 0. The molecule has 0 bridgehead atoms. The van der Waals surface area contributed by atoms with E-state index in [0.29, 0.717) is 16.8 Å². The zero-order valence-corrected chi connectivity index (χ0v) is 15.1. The Morgan fingerprint density at radius 1 is 0.846 bits per heavy atom. The van der Waals surface area contributed by atoms with Crippen molar-refractivity contribution in [2.24, 2.45) is 0 Å². The standard InChI is InChI=1S/C20H23N3O3/c1-20(2,3)23-17(24)13-21-19(26)15-11-7-8-12-16(15)22-18(25)14-9-5-4-6-10-14/h4-12H,13H2,1-3H3,(H,21,26)(H,22,25)(H,23,24). The van der Waals surface area contributed by atoms with E-state index in [1.807, 2.05) is 26.8 Å². The van der Waals surface area contributed by atoms with Crippen molar-refractivity contribution >= 4 is 23.4 Å². The molecule has 136 valence electrons. The van der Waals surface area contributed by atoms with Crippen LogP contribution in [0.3, 0.4) is 0 Å². The van der Waals surface area contributed by atoms with Crippen molar-refractivity contribution in [3.8, 4) is 0 Å². The molecule has 0 unspecified atom stereocenters. The van der Waals surface area contributed by atoms with Gasteiger partial charge in [0.15, 0.2) is 0 Å². The summed E-state index contributed by atoms with van der Waals surface area (Å²) in [6.45, 7) is 5.44. The SMILES string of the molecule is CC(C)(C)NC(=O)CNC(=O)c1ccccc1NC(=O)c1ccccc1. The predicted molar refractivity (Wildman–Crippen MR) is 101 cm³/mol. The Kier molecular flexibility index (Phi) is 6.11. The zero-order chi connectivity index (χ0) is 19.2. The van der Waals surface area contributed by atoms with Crippen molar-refractivity contribution in [1.29, 1.82) is 0 Å². The van der Waals surface area contributed by atoms with E-state index in [2.05, 4.69) is 16.0 Å². The summed E-state index contributed by atoms with van der Waals surface area (Å²) in [6, 6.07) is 15.4. The first kappa shape index (κ1) is 19.2. The van der Waals surface area contributed by atoms with Gasteiger partial charge in [0, 0.05) is 11.1 Å². The number of carbonyl (C=O) groups is 3. The first-order valence-corrected chi connectivity index (χ1v) is 8.31. The molecule has 2 aromatic rings. The van der Waals surface area contributed by atoms with Gasteiger partial charge in [0.1, 0.15) is 0 Å². The predicted octanol–water partition coefficient (Wildman–Crippen LogP) is 2.58. The average molecular weight is 353 g/mol. The van der Waals surface area contributed by atoms with Crippen LogP contribution in [-0.2, 0) is 4.79 Å². The molecule has 0 fully saturated rings. The third-order valence-corrected chi connectivity index (χ3v) is 3.38. The highest BCUT2D eigenvalue weighted by atomic mass is 16.2. The second-order valence-corrected chi connectivity index (χ2v) is 6.85. The molecule has 0 heterocycles. The van der Waals surface area contributed by atoms with Gasteiger partial charge < -0.3 is 16.0 Å². The van der Waals surface area contributed by atoms with Gasteiger partial charge in [-0.2, -0.15) is 0 Å². The fourth-order valence-corrected chi connectivity index (χ4v) is 2.29. The molecular weight excluding hydrogens is 330 g/mol. The fourth-order valence-electron chi connectivity index (χ4n) is 2.29. The second kappa shape index (κ2) is 8.29. The lowest BCUT2D eigenvalue weighted by Crippen LogP contribution is -2.45. The Bertz CT molecular complexity index is 795. The molecule has 0 spiro atoms. The number of amides is 3. The van der Waals surface area contributed by atoms with Gasteiger partial charge >= 0.3 is 0 Å². The van der Waals surface area contributed by atoms with Crippen molar-refractivity contribution in [3.05, 3.63) is 65.7 Å². The fraction of sp³-hybridized carbons (Fsp3) is 0.250. The summed E-state index contributed by atoms with van der Waals surface area (Å²) >= 11 is 0. The molecule has 2 rings (SSSR count). The van der Waals surface area contributed by atoms with Crippen molar-refractivity contribution in [3.63, 3.8) is 0 Å². The van der Waals surface area contributed by atoms with E-state index in [-0.39, 0.29) is 23.9 Å². The van der Waals surface area contributed by atoms with Crippen LogP contribution < -0.4 is 16.0 Å². The van der Waals surface area contributed by atoms with E-state index in [9.17, 15) is 14.4 Å². The molecule has 2 aromatic carbocycles. The lowest BCUT2D eigenvalue weighted by molar-refractivity contribution is -0.121. The van der Waals surface area contributed by atoms with E-state index >= 15 is 0 Å². The number of anilines is 1. The molecule has 0 saturated heterocycles. The number of para-hydroxylation sites is 1. The summed E-state index contributed by atoms with van der Waals surface area (Å²) in [4.78, 5) is 36.6. The molecule has 0 aliphatic heterocycles. The number of hydrogen-bond donors (Lipinski definition) is 3. The smallest absolute Gasteiger partial charge is 0.255 e. The van der Waals surface area contributed by atoms with Crippen LogP contribution in [0.25, 0.3) is 0 Å². The van der Waals surface area contributed by atoms with Gasteiger partial charge in [-0.1, -0.05) is 30.3 Å². The molecule has 6 heteroatoms. The first-order chi connectivity index (χ1) is 12.3. The van der Waals surface area contributed by atoms with Gasteiger partial charge in [-0.05, 0) is 45.0 Å². The van der Waals surface area contributed by atoms with Gasteiger partial charge in [-0.3, -0.25) is 14.4 Å². The van der Waals surface area contributed by atoms with Crippen molar-refractivity contribution < 1.29 is 14.4 Å². The maximum Gasteiger partial charge on any atom is 0.255 e. The molecule has 3 amide bonds. The van der Waals surface area contributed by atoms with Gasteiger partial charge in [0.2, 0.25) is 5.91 Å². The Morgan fingerprint density at radius 3 is 2.12 bits per heavy atom. The monoisotopic (exact) mass is 353 g/mol. The summed E-state index contributed by atoms with van der Waals surface area (Å²) < 4.78 is 0. The van der Waals surface area contributed by atoms with E-state index in [4.69, 9.17) is 0 Å². The molecule has 0 aromatic heterocycles. The molecule has 3 N–H and O–H groups in total. The highest BCUT2D eigenvalue weighted by molar-refractivity contribution is 6.09. The molecule has 0 aliphatic rings. The number of carbonyl (C=O) groups excluding carboxylic acids is 3. The van der Waals surface area contributed by atoms with Crippen LogP contribution in [0.2, 0.25) is 0 Å². The first-order valence-electron chi connectivity index (χ1n) is 8.31. The lowest BCUT2D eigenvalue weighted by atomic mass is 10.1. The third kappa shape index (κ3) is 5.73. The molecule has 0 atom stereocenters. The van der Waals surface area contributed by atoms with Crippen LogP contribution >= 0.6 is 0 Å². The van der Waals surface area contributed by atoms with E-state index < -0.39 is 5.91 Å². The number of rotatable bonds is 5. The number of benzene rings is 2. The Morgan fingerprint density at radius 2 is 1.46 bits per heavy atom. The van der Waals surface area contributed by atoms with Crippen LogP contribution in [0.15, 0.2) is 54.6 Å². The maximum absolute atomic E-state index is 12.4. The minimum absolute atomic E-state index is 0.142.